The van der Waals surface area contributed by atoms with Gasteiger partial charge in [-0.3, -0.25) is 25.2 Å². The number of nitrogens with one attached hydrogen (secondary N) is 3. The molecule has 0 fully saturated rings. The van der Waals surface area contributed by atoms with E-state index in [1.54, 1.807) is 30.3 Å². The fourth-order valence-corrected chi connectivity index (χ4v) is 4.29. The van der Waals surface area contributed by atoms with Crippen LogP contribution in [0.1, 0.15) is 41.4 Å². The van der Waals surface area contributed by atoms with Crippen molar-refractivity contribution in [1.82, 2.24) is 10.9 Å². The van der Waals surface area contributed by atoms with E-state index in [0.717, 1.165) is 0 Å². The van der Waals surface area contributed by atoms with Gasteiger partial charge in [-0.25, -0.2) is 14.4 Å². The minimum atomic E-state index is -2.39. The number of hydrogen-bond acceptors (Lipinski definition) is 8. The van der Waals surface area contributed by atoms with E-state index in [1.807, 2.05) is 5.43 Å². The number of anilines is 1. The zero-order chi connectivity index (χ0) is 33.2. The maximum atomic E-state index is 13.2. The first-order valence-electron chi connectivity index (χ1n) is 13.3. The first-order valence-corrected chi connectivity index (χ1v) is 14.0. The van der Waals surface area contributed by atoms with Crippen LogP contribution in [0.2, 0.25) is 10.0 Å². The van der Waals surface area contributed by atoms with Crippen LogP contribution in [0.3, 0.4) is 0 Å². The van der Waals surface area contributed by atoms with Gasteiger partial charge in [0.1, 0.15) is 0 Å². The summed E-state index contributed by atoms with van der Waals surface area (Å²) in [6, 6.07) is 25.2. The zero-order valence-corrected chi connectivity index (χ0v) is 25.0. The number of aliphatic carboxylic acids is 1. The fraction of sp³-hybridized carbons (Fsp3) is 0.0625. The number of rotatable bonds is 10. The van der Waals surface area contributed by atoms with Gasteiger partial charge in [-0.15, -0.1) is 0 Å². The summed E-state index contributed by atoms with van der Waals surface area (Å²) < 4.78 is 10.2. The Balaban J connectivity index is 1.49. The molecule has 12 nitrogen and oxygen atoms in total. The topological polar surface area (TPSA) is 177 Å². The number of carboxylic acids is 1. The number of carbonyl (C=O) groups excluding carboxylic acids is 5. The van der Waals surface area contributed by atoms with Gasteiger partial charge in [0, 0.05) is 16.8 Å². The quantitative estimate of drug-likeness (QED) is 0.140. The minimum absolute atomic E-state index is 0.0301. The summed E-state index contributed by atoms with van der Waals surface area (Å²) >= 11 is 12.1. The molecule has 234 valence electrons. The molecule has 2 atom stereocenters. The van der Waals surface area contributed by atoms with Crippen LogP contribution < -0.4 is 16.2 Å². The largest absolute Gasteiger partial charge is 0.478 e. The predicted molar refractivity (Wildman–Crippen MR) is 165 cm³/mol. The zero-order valence-electron chi connectivity index (χ0n) is 23.4. The molecule has 0 aromatic heterocycles. The van der Waals surface area contributed by atoms with Gasteiger partial charge in [0.05, 0.1) is 21.2 Å². The predicted octanol–water partition coefficient (Wildman–Crippen LogP) is 4.54. The second-order valence-corrected chi connectivity index (χ2v) is 10.1. The number of carboxylic acid groups (broad SMARTS) is 1. The SMILES string of the molecule is O=C(NNC(=O)[C@H](OC(=O)c1ccccc1Cl)[C@@H](OC(=O)c1ccccc1Cl)C(=O)O)c1ccc(NC(=O)c2ccccc2)cc1. The monoisotopic (exact) mass is 663 g/mol. The number of amides is 3. The standard InChI is InChI=1S/C32H23Cl2N3O9/c33-23-12-6-4-10-21(23)31(43)45-25(26(30(41)42)46-32(44)22-11-5-7-13-24(22)34)29(40)37-36-28(39)19-14-16-20(17-15-19)35-27(38)18-8-2-1-3-9-18/h1-17,25-26H,(H,35,38)(H,36,39)(H,37,40)(H,41,42)/t25-,26-/m1/s1. The van der Waals surface area contributed by atoms with Gasteiger partial charge in [0.15, 0.2) is 0 Å². The van der Waals surface area contributed by atoms with E-state index < -0.39 is 41.9 Å². The van der Waals surface area contributed by atoms with Gasteiger partial charge in [-0.2, -0.15) is 0 Å². The average Bonchev–Trinajstić information content (AvgIpc) is 3.05. The number of benzene rings is 4. The number of halogens is 2. The van der Waals surface area contributed by atoms with Crippen molar-refractivity contribution in [3.8, 4) is 0 Å². The third-order valence-electron chi connectivity index (χ3n) is 6.17. The molecule has 4 rings (SSSR count). The van der Waals surface area contributed by atoms with Crippen LogP contribution in [0.15, 0.2) is 103 Å². The molecule has 0 aliphatic heterocycles. The molecule has 3 amide bonds. The van der Waals surface area contributed by atoms with Gasteiger partial charge in [0.2, 0.25) is 12.2 Å². The van der Waals surface area contributed by atoms with Gasteiger partial charge in [0.25, 0.3) is 17.7 Å². The van der Waals surface area contributed by atoms with E-state index >= 15 is 0 Å². The van der Waals surface area contributed by atoms with Crippen molar-refractivity contribution in [2.24, 2.45) is 0 Å². The van der Waals surface area contributed by atoms with Crippen molar-refractivity contribution < 1.29 is 43.3 Å². The number of hydrogen-bond donors (Lipinski definition) is 4. The van der Waals surface area contributed by atoms with Crippen molar-refractivity contribution in [3.63, 3.8) is 0 Å². The van der Waals surface area contributed by atoms with E-state index in [1.165, 1.54) is 72.8 Å². The van der Waals surface area contributed by atoms with Crippen molar-refractivity contribution in [3.05, 3.63) is 135 Å². The maximum absolute atomic E-state index is 13.2. The van der Waals surface area contributed by atoms with Crippen molar-refractivity contribution in [1.29, 1.82) is 0 Å². The summed E-state index contributed by atoms with van der Waals surface area (Å²) in [5.74, 6) is -6.89. The molecule has 0 aliphatic carbocycles. The molecule has 0 aliphatic rings. The van der Waals surface area contributed by atoms with Crippen LogP contribution in [-0.2, 0) is 19.1 Å². The number of carbonyl (C=O) groups is 6. The number of ether oxygens (including phenoxy) is 2. The Kier molecular flexibility index (Phi) is 11.1. The Morgan fingerprint density at radius 2 is 1.04 bits per heavy atom. The number of esters is 2. The fourth-order valence-electron chi connectivity index (χ4n) is 3.86. The molecule has 4 aromatic rings. The summed E-state index contributed by atoms with van der Waals surface area (Å²) in [7, 11) is 0. The van der Waals surface area contributed by atoms with Crippen molar-refractivity contribution >= 4 is 64.5 Å². The first-order chi connectivity index (χ1) is 22.0. The molecular formula is C32H23Cl2N3O9. The second kappa shape index (κ2) is 15.3. The molecule has 14 heteroatoms. The average molecular weight is 664 g/mol. The Morgan fingerprint density at radius 1 is 0.565 bits per heavy atom. The summed E-state index contributed by atoms with van der Waals surface area (Å²) in [5, 5.41) is 12.4. The van der Waals surface area contributed by atoms with Crippen LogP contribution in [-0.4, -0.2) is 52.9 Å². The van der Waals surface area contributed by atoms with E-state index in [4.69, 9.17) is 32.7 Å². The van der Waals surface area contributed by atoms with Crippen LogP contribution in [0, 0.1) is 0 Å². The lowest BCUT2D eigenvalue weighted by Crippen LogP contribution is -2.54. The van der Waals surface area contributed by atoms with Crippen molar-refractivity contribution in [2.45, 2.75) is 12.2 Å². The van der Waals surface area contributed by atoms with Crippen LogP contribution in [0.5, 0.6) is 0 Å². The third kappa shape index (κ3) is 8.46. The van der Waals surface area contributed by atoms with Crippen LogP contribution >= 0.6 is 23.2 Å². The second-order valence-electron chi connectivity index (χ2n) is 9.29. The lowest BCUT2D eigenvalue weighted by molar-refractivity contribution is -0.159. The highest BCUT2D eigenvalue weighted by Gasteiger charge is 2.41. The lowest BCUT2D eigenvalue weighted by Gasteiger charge is -2.24. The summed E-state index contributed by atoms with van der Waals surface area (Å²) in [6.45, 7) is 0. The van der Waals surface area contributed by atoms with E-state index in [2.05, 4.69) is 10.7 Å². The molecule has 4 aromatic carbocycles. The van der Waals surface area contributed by atoms with Crippen molar-refractivity contribution in [2.75, 3.05) is 5.32 Å². The maximum Gasteiger partial charge on any atom is 0.349 e. The first kappa shape index (κ1) is 33.2. The Labute approximate surface area is 271 Å². The van der Waals surface area contributed by atoms with Gasteiger partial charge >= 0.3 is 17.9 Å². The lowest BCUT2D eigenvalue weighted by atomic mass is 10.1. The highest BCUT2D eigenvalue weighted by Crippen LogP contribution is 2.21. The van der Waals surface area contributed by atoms with E-state index in [9.17, 15) is 33.9 Å². The summed E-state index contributed by atoms with van der Waals surface area (Å²) in [5.41, 5.74) is 4.46. The van der Waals surface area contributed by atoms with Gasteiger partial charge < -0.3 is 19.9 Å². The molecule has 0 saturated heterocycles. The molecule has 0 unspecified atom stereocenters. The highest BCUT2D eigenvalue weighted by molar-refractivity contribution is 6.34. The smallest absolute Gasteiger partial charge is 0.349 e. The molecule has 0 saturated carbocycles. The Morgan fingerprint density at radius 3 is 1.57 bits per heavy atom. The van der Waals surface area contributed by atoms with Gasteiger partial charge in [-0.05, 0) is 60.7 Å². The van der Waals surface area contributed by atoms with Gasteiger partial charge in [-0.1, -0.05) is 65.7 Å². The van der Waals surface area contributed by atoms with Crippen LogP contribution in [0.4, 0.5) is 5.69 Å². The highest BCUT2D eigenvalue weighted by atomic mass is 35.5. The molecule has 0 spiro atoms. The van der Waals surface area contributed by atoms with E-state index in [0.29, 0.717) is 11.3 Å². The summed E-state index contributed by atoms with van der Waals surface area (Å²) in [6.07, 6.45) is -4.71. The third-order valence-corrected chi connectivity index (χ3v) is 6.83. The molecule has 0 heterocycles. The molecule has 0 radical (unpaired) electrons. The number of hydrazine groups is 1. The molecule has 0 bridgehead atoms. The molecular weight excluding hydrogens is 641 g/mol. The molecule has 46 heavy (non-hydrogen) atoms. The minimum Gasteiger partial charge on any atom is -0.478 e. The normalized spacial score (nSPS) is 11.7. The Hall–Kier alpha value is -5.72. The van der Waals surface area contributed by atoms with Crippen LogP contribution in [0.25, 0.3) is 0 Å². The molecule has 4 N–H and O–H groups in total. The Bertz CT molecular complexity index is 1780. The van der Waals surface area contributed by atoms with E-state index in [-0.39, 0.29) is 32.6 Å². The summed E-state index contributed by atoms with van der Waals surface area (Å²) in [4.78, 5) is 76.3.